The van der Waals surface area contributed by atoms with Gasteiger partial charge in [0, 0.05) is 13.0 Å². The maximum Gasteiger partial charge on any atom is 0.306 e. The lowest BCUT2D eigenvalue weighted by Gasteiger charge is -2.16. The molecule has 0 radical (unpaired) electrons. The average molecular weight is 733 g/mol. The Kier molecular flexibility index (Phi) is 45.0. The molecule has 0 heterocycles. The van der Waals surface area contributed by atoms with Gasteiger partial charge in [0.15, 0.2) is 0 Å². The van der Waals surface area contributed by atoms with Gasteiger partial charge in [0.25, 0.3) is 0 Å². The summed E-state index contributed by atoms with van der Waals surface area (Å²) in [6, 6.07) is 0. The number of carbonyl (C=O) groups is 1. The largest absolute Gasteiger partial charge is 0.457 e. The SMILES string of the molecule is CCCCCCC/C=C\C/C=C\CCCCCCCCCCCC(=O)OC(CO)COCCCCCCCCCCCCCCCCCCCCC. The van der Waals surface area contributed by atoms with Crippen LogP contribution in [0.2, 0.25) is 0 Å². The van der Waals surface area contributed by atoms with Crippen molar-refractivity contribution in [2.75, 3.05) is 19.8 Å². The summed E-state index contributed by atoms with van der Waals surface area (Å²) >= 11 is 0. The molecule has 0 aromatic carbocycles. The first-order valence-corrected chi connectivity index (χ1v) is 23.4. The second kappa shape index (κ2) is 46.0. The van der Waals surface area contributed by atoms with Crippen molar-refractivity contribution < 1.29 is 19.4 Å². The molecule has 0 aliphatic carbocycles. The molecular formula is C48H92O4. The van der Waals surface area contributed by atoms with Gasteiger partial charge in [-0.05, 0) is 44.9 Å². The third-order valence-electron chi connectivity index (χ3n) is 10.5. The van der Waals surface area contributed by atoms with Crippen LogP contribution >= 0.6 is 0 Å². The molecule has 4 heteroatoms. The highest BCUT2D eigenvalue weighted by molar-refractivity contribution is 5.69. The van der Waals surface area contributed by atoms with Crippen LogP contribution in [0.1, 0.15) is 251 Å². The van der Waals surface area contributed by atoms with E-state index in [1.165, 1.54) is 205 Å². The third-order valence-corrected chi connectivity index (χ3v) is 10.5. The topological polar surface area (TPSA) is 55.8 Å². The van der Waals surface area contributed by atoms with E-state index in [2.05, 4.69) is 38.2 Å². The zero-order chi connectivity index (χ0) is 37.7. The fraction of sp³-hybridized carbons (Fsp3) is 0.896. The summed E-state index contributed by atoms with van der Waals surface area (Å²) < 4.78 is 11.2. The van der Waals surface area contributed by atoms with Crippen molar-refractivity contribution in [2.24, 2.45) is 0 Å². The van der Waals surface area contributed by atoms with Gasteiger partial charge in [0.1, 0.15) is 6.10 Å². The van der Waals surface area contributed by atoms with E-state index in [0.29, 0.717) is 19.6 Å². The number of aliphatic hydroxyl groups excluding tert-OH is 1. The normalized spacial score (nSPS) is 12.4. The van der Waals surface area contributed by atoms with Crippen LogP contribution in [0.25, 0.3) is 0 Å². The lowest BCUT2D eigenvalue weighted by atomic mass is 10.0. The van der Waals surface area contributed by atoms with Crippen LogP contribution in [0.3, 0.4) is 0 Å². The number of allylic oxidation sites excluding steroid dienone is 4. The number of hydrogen-bond donors (Lipinski definition) is 1. The van der Waals surface area contributed by atoms with Gasteiger partial charge in [-0.1, -0.05) is 224 Å². The van der Waals surface area contributed by atoms with Gasteiger partial charge in [0.2, 0.25) is 0 Å². The van der Waals surface area contributed by atoms with Crippen molar-refractivity contribution in [2.45, 2.75) is 258 Å². The minimum atomic E-state index is -0.532. The van der Waals surface area contributed by atoms with E-state index in [1.807, 2.05) is 0 Å². The molecule has 0 aliphatic rings. The number of ether oxygens (including phenoxy) is 2. The summed E-state index contributed by atoms with van der Waals surface area (Å²) in [6.07, 6.45) is 56.8. The molecule has 308 valence electrons. The molecule has 0 spiro atoms. The zero-order valence-corrected chi connectivity index (χ0v) is 35.3. The lowest BCUT2D eigenvalue weighted by Crippen LogP contribution is -2.27. The molecule has 0 saturated carbocycles. The Morgan fingerprint density at radius 3 is 1.19 bits per heavy atom. The fourth-order valence-electron chi connectivity index (χ4n) is 7.01. The number of carbonyl (C=O) groups excluding carboxylic acids is 1. The van der Waals surface area contributed by atoms with Crippen LogP contribution in [0.15, 0.2) is 24.3 Å². The second-order valence-corrected chi connectivity index (χ2v) is 15.8. The molecular weight excluding hydrogens is 641 g/mol. The minimum absolute atomic E-state index is 0.169. The summed E-state index contributed by atoms with van der Waals surface area (Å²) in [6.45, 7) is 5.38. The van der Waals surface area contributed by atoms with Gasteiger partial charge in [-0.3, -0.25) is 4.79 Å². The highest BCUT2D eigenvalue weighted by Gasteiger charge is 2.13. The molecule has 0 aromatic rings. The molecule has 0 aromatic heterocycles. The van der Waals surface area contributed by atoms with Crippen LogP contribution in [0.4, 0.5) is 0 Å². The lowest BCUT2D eigenvalue weighted by molar-refractivity contribution is -0.154. The van der Waals surface area contributed by atoms with E-state index in [0.717, 1.165) is 25.7 Å². The molecule has 0 saturated heterocycles. The molecule has 0 bridgehead atoms. The Balaban J connectivity index is 3.39. The molecule has 1 N–H and O–H groups in total. The van der Waals surface area contributed by atoms with E-state index in [1.54, 1.807) is 0 Å². The van der Waals surface area contributed by atoms with Crippen molar-refractivity contribution >= 4 is 5.97 Å². The van der Waals surface area contributed by atoms with E-state index in [9.17, 15) is 9.90 Å². The highest BCUT2D eigenvalue weighted by atomic mass is 16.6. The van der Waals surface area contributed by atoms with Crippen LogP contribution in [0.5, 0.6) is 0 Å². The van der Waals surface area contributed by atoms with Gasteiger partial charge in [-0.25, -0.2) is 0 Å². The highest BCUT2D eigenvalue weighted by Crippen LogP contribution is 2.16. The Bertz CT molecular complexity index is 732. The third kappa shape index (κ3) is 43.3. The summed E-state index contributed by atoms with van der Waals surface area (Å²) in [7, 11) is 0. The first-order valence-electron chi connectivity index (χ1n) is 23.4. The quantitative estimate of drug-likeness (QED) is 0.0385. The Morgan fingerprint density at radius 1 is 0.462 bits per heavy atom. The van der Waals surface area contributed by atoms with Crippen LogP contribution in [0, 0.1) is 0 Å². The number of rotatable bonds is 44. The van der Waals surface area contributed by atoms with Gasteiger partial charge in [-0.2, -0.15) is 0 Å². The van der Waals surface area contributed by atoms with Crippen LogP contribution in [-0.4, -0.2) is 37.0 Å². The van der Waals surface area contributed by atoms with Gasteiger partial charge >= 0.3 is 5.97 Å². The van der Waals surface area contributed by atoms with Gasteiger partial charge < -0.3 is 14.6 Å². The van der Waals surface area contributed by atoms with E-state index in [4.69, 9.17) is 9.47 Å². The van der Waals surface area contributed by atoms with Crippen molar-refractivity contribution in [1.82, 2.24) is 0 Å². The number of esters is 1. The number of hydrogen-bond acceptors (Lipinski definition) is 4. The Labute approximate surface area is 326 Å². The van der Waals surface area contributed by atoms with Gasteiger partial charge in [0.05, 0.1) is 13.2 Å². The molecule has 1 atom stereocenters. The molecule has 4 nitrogen and oxygen atoms in total. The minimum Gasteiger partial charge on any atom is -0.457 e. The maximum atomic E-state index is 12.2. The molecule has 0 amide bonds. The van der Waals surface area contributed by atoms with Crippen molar-refractivity contribution in [3.8, 4) is 0 Å². The predicted molar refractivity (Wildman–Crippen MR) is 228 cm³/mol. The van der Waals surface area contributed by atoms with E-state index < -0.39 is 6.10 Å². The summed E-state index contributed by atoms with van der Waals surface area (Å²) in [4.78, 5) is 12.2. The monoisotopic (exact) mass is 733 g/mol. The maximum absolute atomic E-state index is 12.2. The standard InChI is InChI=1S/C48H92O4/c1-3-5-7-9-11-13-15-17-19-21-23-24-25-27-29-31-33-35-37-39-41-43-48(50)52-47(45-49)46-51-44-42-40-38-36-34-32-30-28-26-22-20-18-16-14-12-10-8-6-4-2/h15,17,21,23,47,49H,3-14,16,18-20,22,24-46H2,1-2H3/b17-15-,23-21-. The van der Waals surface area contributed by atoms with E-state index in [-0.39, 0.29) is 12.6 Å². The molecule has 0 aliphatic heterocycles. The smallest absolute Gasteiger partial charge is 0.306 e. The van der Waals surface area contributed by atoms with Gasteiger partial charge in [-0.15, -0.1) is 0 Å². The number of unbranched alkanes of at least 4 members (excludes halogenated alkanes) is 32. The predicted octanol–water partition coefficient (Wildman–Crippen LogP) is 15.5. The molecule has 0 fully saturated rings. The van der Waals surface area contributed by atoms with E-state index >= 15 is 0 Å². The van der Waals surface area contributed by atoms with Crippen molar-refractivity contribution in [3.05, 3.63) is 24.3 Å². The average Bonchev–Trinajstić information content (AvgIpc) is 3.15. The number of aliphatic hydroxyl groups is 1. The zero-order valence-electron chi connectivity index (χ0n) is 35.3. The first kappa shape index (κ1) is 50.9. The first-order chi connectivity index (χ1) is 25.7. The second-order valence-electron chi connectivity index (χ2n) is 15.8. The van der Waals surface area contributed by atoms with Crippen LogP contribution in [-0.2, 0) is 14.3 Å². The fourth-order valence-corrected chi connectivity index (χ4v) is 7.01. The van der Waals surface area contributed by atoms with Crippen molar-refractivity contribution in [1.29, 1.82) is 0 Å². The Morgan fingerprint density at radius 2 is 0.808 bits per heavy atom. The summed E-state index contributed by atoms with van der Waals surface area (Å²) in [5.74, 6) is -0.200. The van der Waals surface area contributed by atoms with Crippen molar-refractivity contribution in [3.63, 3.8) is 0 Å². The van der Waals surface area contributed by atoms with Crippen LogP contribution < -0.4 is 0 Å². The Hall–Kier alpha value is -1.13. The molecule has 0 rings (SSSR count). The summed E-state index contributed by atoms with van der Waals surface area (Å²) in [5, 5.41) is 9.62. The molecule has 52 heavy (non-hydrogen) atoms. The molecule has 1 unspecified atom stereocenters. The summed E-state index contributed by atoms with van der Waals surface area (Å²) in [5.41, 5.74) is 0.